The summed E-state index contributed by atoms with van der Waals surface area (Å²) in [7, 11) is 5.60. The van der Waals surface area contributed by atoms with E-state index in [9.17, 15) is 0 Å². The molecular weight excluding hydrogens is 390 g/mol. The number of nitrogens with zero attached hydrogens (tertiary/aromatic N) is 7. The normalized spacial score (nSPS) is 14.4. The second-order valence-electron chi connectivity index (χ2n) is 8.52. The van der Waals surface area contributed by atoms with Gasteiger partial charge in [0.15, 0.2) is 11.4 Å². The molecule has 3 aromatic rings. The Balaban J connectivity index is 1.70. The third kappa shape index (κ3) is 4.43. The summed E-state index contributed by atoms with van der Waals surface area (Å²) >= 11 is 0. The smallest absolute Gasteiger partial charge is 0.225 e. The predicted octanol–water partition coefficient (Wildman–Crippen LogP) is 3.73. The highest BCUT2D eigenvalue weighted by atomic mass is 16.5. The fourth-order valence-corrected chi connectivity index (χ4v) is 4.57. The Kier molecular flexibility index (Phi) is 6.25. The molecule has 0 saturated heterocycles. The van der Waals surface area contributed by atoms with E-state index in [1.165, 1.54) is 31.2 Å². The lowest BCUT2D eigenvalue weighted by Gasteiger charge is -2.29. The molecule has 0 atom stereocenters. The summed E-state index contributed by atoms with van der Waals surface area (Å²) < 4.78 is 7.08. The summed E-state index contributed by atoms with van der Waals surface area (Å²) in [6.45, 7) is 6.92. The number of aryl methyl sites for hydroxylation is 2. The van der Waals surface area contributed by atoms with Crippen LogP contribution in [0.25, 0.3) is 11.0 Å². The van der Waals surface area contributed by atoms with Crippen LogP contribution in [0, 0.1) is 12.8 Å². The van der Waals surface area contributed by atoms with Gasteiger partial charge in [0.05, 0.1) is 25.2 Å². The summed E-state index contributed by atoms with van der Waals surface area (Å²) in [5, 5.41) is 5.70. The Morgan fingerprint density at radius 3 is 2.55 bits per heavy atom. The van der Waals surface area contributed by atoms with Crippen LogP contribution in [0.3, 0.4) is 0 Å². The Labute approximate surface area is 184 Å². The molecule has 1 aliphatic rings. The molecule has 0 unspecified atom stereocenters. The maximum absolute atomic E-state index is 5.19. The first-order chi connectivity index (χ1) is 15.0. The molecule has 0 aromatic carbocycles. The van der Waals surface area contributed by atoms with E-state index in [1.807, 2.05) is 25.7 Å². The molecule has 0 amide bonds. The van der Waals surface area contributed by atoms with E-state index >= 15 is 0 Å². The molecule has 0 bridgehead atoms. The van der Waals surface area contributed by atoms with Crippen LogP contribution in [0.2, 0.25) is 0 Å². The number of rotatable bonds is 8. The van der Waals surface area contributed by atoms with Crippen molar-refractivity contribution in [1.82, 2.24) is 24.7 Å². The average Bonchev–Trinajstić information content (AvgIpc) is 3.39. The van der Waals surface area contributed by atoms with Crippen LogP contribution in [0.1, 0.15) is 43.9 Å². The second-order valence-corrected chi connectivity index (χ2v) is 8.52. The van der Waals surface area contributed by atoms with Gasteiger partial charge in [0, 0.05) is 44.7 Å². The molecule has 3 heterocycles. The van der Waals surface area contributed by atoms with Gasteiger partial charge in [-0.25, -0.2) is 15.0 Å². The number of pyridine rings is 1. The highest BCUT2D eigenvalue weighted by Gasteiger charge is 2.23. The van der Waals surface area contributed by atoms with Gasteiger partial charge in [0.25, 0.3) is 0 Å². The molecule has 3 aromatic heterocycles. The van der Waals surface area contributed by atoms with Crippen molar-refractivity contribution < 1.29 is 4.74 Å². The van der Waals surface area contributed by atoms with Crippen molar-refractivity contribution >= 4 is 22.8 Å². The van der Waals surface area contributed by atoms with Crippen LogP contribution >= 0.6 is 0 Å². The lowest BCUT2D eigenvalue weighted by molar-refractivity contribution is 0.410. The van der Waals surface area contributed by atoms with E-state index < -0.39 is 0 Å². The molecular formula is C23H33N7O. The van der Waals surface area contributed by atoms with Gasteiger partial charge in [0.1, 0.15) is 5.82 Å². The third-order valence-electron chi connectivity index (χ3n) is 6.29. The molecule has 0 aliphatic heterocycles. The lowest BCUT2D eigenvalue weighted by Crippen LogP contribution is -2.31. The Morgan fingerprint density at radius 1 is 1.19 bits per heavy atom. The van der Waals surface area contributed by atoms with Gasteiger partial charge in [-0.05, 0) is 38.7 Å². The number of hydrogen-bond donors (Lipinski definition) is 0. The van der Waals surface area contributed by atoms with Crippen molar-refractivity contribution in [2.45, 2.75) is 46.1 Å². The van der Waals surface area contributed by atoms with E-state index in [1.54, 1.807) is 19.5 Å². The van der Waals surface area contributed by atoms with Crippen LogP contribution in [-0.2, 0) is 13.6 Å². The molecule has 31 heavy (non-hydrogen) atoms. The molecule has 8 nitrogen and oxygen atoms in total. The SMILES string of the molecule is CCN(CC1CCCC1)c1nc2c(cc1CN(C)c1ncc(OC)cn1)c(C)nn2C. The standard InChI is InChI=1S/C23H33N7O/c1-6-30(14-17-9-7-8-10-17)21-18(11-20-16(2)27-29(4)22(20)26-21)15-28(3)23-24-12-19(31-5)13-25-23/h11-13,17H,6-10,14-15H2,1-5H3. The third-order valence-corrected chi connectivity index (χ3v) is 6.29. The van der Waals surface area contributed by atoms with E-state index in [0.29, 0.717) is 18.2 Å². The number of hydrogen-bond acceptors (Lipinski definition) is 7. The van der Waals surface area contributed by atoms with Crippen LogP contribution in [-0.4, -0.2) is 52.0 Å². The number of anilines is 2. The van der Waals surface area contributed by atoms with E-state index in [4.69, 9.17) is 9.72 Å². The molecule has 166 valence electrons. The fourth-order valence-electron chi connectivity index (χ4n) is 4.57. The second kappa shape index (κ2) is 9.08. The van der Waals surface area contributed by atoms with Crippen LogP contribution in [0.15, 0.2) is 18.5 Å². The number of ether oxygens (including phenoxy) is 1. The van der Waals surface area contributed by atoms with Crippen LogP contribution in [0.5, 0.6) is 5.75 Å². The summed E-state index contributed by atoms with van der Waals surface area (Å²) in [4.78, 5) is 18.5. The minimum Gasteiger partial charge on any atom is -0.494 e. The monoisotopic (exact) mass is 423 g/mol. The highest BCUT2D eigenvalue weighted by molar-refractivity contribution is 5.81. The van der Waals surface area contributed by atoms with Crippen LogP contribution < -0.4 is 14.5 Å². The molecule has 0 radical (unpaired) electrons. The quantitative estimate of drug-likeness (QED) is 0.547. The van der Waals surface area contributed by atoms with Gasteiger partial charge in [-0.15, -0.1) is 0 Å². The van der Waals surface area contributed by atoms with Crippen molar-refractivity contribution in [3.8, 4) is 5.75 Å². The fraction of sp³-hybridized carbons (Fsp3) is 0.565. The first kappa shape index (κ1) is 21.3. The van der Waals surface area contributed by atoms with Crippen molar-refractivity contribution in [2.24, 2.45) is 13.0 Å². The Morgan fingerprint density at radius 2 is 1.90 bits per heavy atom. The molecule has 0 spiro atoms. The molecule has 1 fully saturated rings. The maximum atomic E-state index is 5.19. The lowest BCUT2D eigenvalue weighted by atomic mass is 10.1. The zero-order chi connectivity index (χ0) is 22.0. The minimum atomic E-state index is 0.653. The van der Waals surface area contributed by atoms with Crippen molar-refractivity contribution in [3.63, 3.8) is 0 Å². The number of aromatic nitrogens is 5. The van der Waals surface area contributed by atoms with Gasteiger partial charge in [0.2, 0.25) is 5.95 Å². The van der Waals surface area contributed by atoms with Gasteiger partial charge in [-0.1, -0.05) is 12.8 Å². The topological polar surface area (TPSA) is 72.2 Å². The minimum absolute atomic E-state index is 0.653. The molecule has 1 aliphatic carbocycles. The van der Waals surface area contributed by atoms with Crippen molar-refractivity contribution in [2.75, 3.05) is 37.0 Å². The van der Waals surface area contributed by atoms with E-state index in [-0.39, 0.29) is 0 Å². The van der Waals surface area contributed by atoms with Gasteiger partial charge in [-0.3, -0.25) is 4.68 Å². The van der Waals surface area contributed by atoms with Crippen molar-refractivity contribution in [1.29, 1.82) is 0 Å². The molecule has 4 rings (SSSR count). The Hall–Kier alpha value is -2.90. The first-order valence-corrected chi connectivity index (χ1v) is 11.2. The number of fused-ring (bicyclic) bond motifs is 1. The average molecular weight is 424 g/mol. The van der Waals surface area contributed by atoms with Gasteiger partial charge in [-0.2, -0.15) is 5.10 Å². The predicted molar refractivity (Wildman–Crippen MR) is 124 cm³/mol. The zero-order valence-corrected chi connectivity index (χ0v) is 19.3. The van der Waals surface area contributed by atoms with E-state index in [0.717, 1.165) is 41.6 Å². The van der Waals surface area contributed by atoms with E-state index in [2.05, 4.69) is 37.9 Å². The maximum Gasteiger partial charge on any atom is 0.225 e. The zero-order valence-electron chi connectivity index (χ0n) is 19.3. The molecule has 0 N–H and O–H groups in total. The Bertz CT molecular complexity index is 1020. The summed E-state index contributed by atoms with van der Waals surface area (Å²) in [5.74, 6) is 3.11. The summed E-state index contributed by atoms with van der Waals surface area (Å²) in [6, 6.07) is 2.25. The summed E-state index contributed by atoms with van der Waals surface area (Å²) in [6.07, 6.45) is 8.73. The first-order valence-electron chi connectivity index (χ1n) is 11.2. The van der Waals surface area contributed by atoms with Crippen LogP contribution in [0.4, 0.5) is 11.8 Å². The van der Waals surface area contributed by atoms with Gasteiger partial charge >= 0.3 is 0 Å². The molecule has 1 saturated carbocycles. The molecule has 8 heteroatoms. The largest absolute Gasteiger partial charge is 0.494 e. The summed E-state index contributed by atoms with van der Waals surface area (Å²) in [5.41, 5.74) is 3.11. The highest BCUT2D eigenvalue weighted by Crippen LogP contribution is 2.31. The van der Waals surface area contributed by atoms with Gasteiger partial charge < -0.3 is 14.5 Å². The number of methoxy groups -OCH3 is 1. The van der Waals surface area contributed by atoms with Crippen molar-refractivity contribution in [3.05, 3.63) is 29.7 Å².